The Morgan fingerprint density at radius 2 is 2.08 bits per heavy atom. The van der Waals surface area contributed by atoms with E-state index in [1.807, 2.05) is 18.7 Å². The van der Waals surface area contributed by atoms with E-state index in [-0.39, 0.29) is 17.5 Å². The Morgan fingerprint density at radius 3 is 2.71 bits per heavy atom. The molecular formula is C17H27N3O2S2. The van der Waals surface area contributed by atoms with Crippen LogP contribution in [-0.2, 0) is 15.6 Å². The van der Waals surface area contributed by atoms with Gasteiger partial charge in [-0.05, 0) is 25.8 Å². The van der Waals surface area contributed by atoms with Gasteiger partial charge in [0, 0.05) is 24.1 Å². The molecule has 0 aromatic heterocycles. The van der Waals surface area contributed by atoms with Gasteiger partial charge in [0.25, 0.3) is 0 Å². The third-order valence-corrected chi connectivity index (χ3v) is 6.59. The fraction of sp³-hybridized carbons (Fsp3) is 0.588. The number of sulfone groups is 1. The molecule has 0 radical (unpaired) electrons. The van der Waals surface area contributed by atoms with E-state index in [9.17, 15) is 8.42 Å². The Kier molecular flexibility index (Phi) is 7.42. The summed E-state index contributed by atoms with van der Waals surface area (Å²) in [5.74, 6) is 3.12. The average Bonchev–Trinajstić information content (AvgIpc) is 2.88. The van der Waals surface area contributed by atoms with Crippen LogP contribution in [0.4, 0.5) is 0 Å². The first-order chi connectivity index (χ1) is 11.5. The molecule has 1 aromatic rings. The highest BCUT2D eigenvalue weighted by atomic mass is 32.2. The molecule has 0 aliphatic carbocycles. The van der Waals surface area contributed by atoms with E-state index in [0.29, 0.717) is 13.0 Å². The Morgan fingerprint density at radius 1 is 1.33 bits per heavy atom. The molecule has 0 spiro atoms. The molecule has 0 amide bonds. The summed E-state index contributed by atoms with van der Waals surface area (Å²) in [4.78, 5) is 4.55. The summed E-state index contributed by atoms with van der Waals surface area (Å²) in [6.07, 6.45) is 0.662. The number of aryl methyl sites for hydroxylation is 1. The number of thioether (sulfide) groups is 1. The lowest BCUT2D eigenvalue weighted by molar-refractivity contribution is 0.599. The Balaban J connectivity index is 1.73. The van der Waals surface area contributed by atoms with E-state index in [0.717, 1.165) is 24.0 Å². The normalized spacial score (nSPS) is 20.1. The first-order valence-corrected chi connectivity index (χ1v) is 11.3. The molecule has 0 saturated carbocycles. The van der Waals surface area contributed by atoms with Crippen molar-refractivity contribution < 1.29 is 8.42 Å². The molecule has 1 saturated heterocycles. The van der Waals surface area contributed by atoms with Crippen molar-refractivity contribution in [1.29, 1.82) is 0 Å². The van der Waals surface area contributed by atoms with Crippen LogP contribution in [0, 0.1) is 6.92 Å². The monoisotopic (exact) mass is 369 g/mol. The number of guanidine groups is 1. The summed E-state index contributed by atoms with van der Waals surface area (Å²) in [7, 11) is -2.87. The maximum atomic E-state index is 11.5. The van der Waals surface area contributed by atoms with Crippen molar-refractivity contribution in [3.8, 4) is 0 Å². The van der Waals surface area contributed by atoms with E-state index in [1.54, 1.807) is 0 Å². The van der Waals surface area contributed by atoms with E-state index in [1.165, 1.54) is 11.1 Å². The van der Waals surface area contributed by atoms with Gasteiger partial charge in [-0.25, -0.2) is 8.42 Å². The Bertz CT molecular complexity index is 642. The minimum Gasteiger partial charge on any atom is -0.357 e. The topological polar surface area (TPSA) is 70.6 Å². The van der Waals surface area contributed by atoms with Gasteiger partial charge in [-0.1, -0.05) is 29.8 Å². The van der Waals surface area contributed by atoms with Crippen LogP contribution in [0.5, 0.6) is 0 Å². The van der Waals surface area contributed by atoms with Crippen molar-refractivity contribution in [1.82, 2.24) is 10.6 Å². The van der Waals surface area contributed by atoms with Crippen LogP contribution in [0.2, 0.25) is 0 Å². The van der Waals surface area contributed by atoms with Gasteiger partial charge in [0.1, 0.15) is 0 Å². The van der Waals surface area contributed by atoms with E-state index >= 15 is 0 Å². The highest BCUT2D eigenvalue weighted by molar-refractivity contribution is 7.98. The second-order valence-corrected chi connectivity index (χ2v) is 9.38. The molecule has 2 rings (SSSR count). The van der Waals surface area contributed by atoms with Gasteiger partial charge in [-0.2, -0.15) is 11.8 Å². The second-order valence-electron chi connectivity index (χ2n) is 6.04. The molecule has 5 nitrogen and oxygen atoms in total. The van der Waals surface area contributed by atoms with Crippen molar-refractivity contribution in [3.05, 3.63) is 35.4 Å². The zero-order valence-electron chi connectivity index (χ0n) is 14.4. The van der Waals surface area contributed by atoms with E-state index in [2.05, 4.69) is 46.8 Å². The molecule has 1 aliphatic heterocycles. The zero-order chi connectivity index (χ0) is 17.4. The number of rotatable bonds is 7. The molecule has 1 unspecified atom stereocenters. The third-order valence-electron chi connectivity index (χ3n) is 3.81. The predicted molar refractivity (Wildman–Crippen MR) is 104 cm³/mol. The molecule has 2 N–H and O–H groups in total. The molecule has 1 heterocycles. The van der Waals surface area contributed by atoms with E-state index in [4.69, 9.17) is 0 Å². The van der Waals surface area contributed by atoms with Gasteiger partial charge in [0.2, 0.25) is 0 Å². The SMILES string of the molecule is CCNC(=NCCSCc1ccc(C)cc1)NC1CCS(=O)(=O)C1. The number of hydrogen-bond donors (Lipinski definition) is 2. The Labute approximate surface area is 149 Å². The summed E-state index contributed by atoms with van der Waals surface area (Å²) in [6, 6.07) is 8.58. The van der Waals surface area contributed by atoms with Crippen molar-refractivity contribution >= 4 is 27.6 Å². The second kappa shape index (κ2) is 9.32. The van der Waals surface area contributed by atoms with Gasteiger partial charge in [-0.15, -0.1) is 0 Å². The van der Waals surface area contributed by atoms with Gasteiger partial charge < -0.3 is 10.6 Å². The van der Waals surface area contributed by atoms with Crippen LogP contribution in [0.3, 0.4) is 0 Å². The number of nitrogens with zero attached hydrogens (tertiary/aromatic N) is 1. The summed E-state index contributed by atoms with van der Waals surface area (Å²) in [5, 5.41) is 6.42. The first-order valence-electron chi connectivity index (χ1n) is 8.37. The van der Waals surface area contributed by atoms with Crippen LogP contribution in [-0.4, -0.2) is 50.8 Å². The molecule has 7 heteroatoms. The van der Waals surface area contributed by atoms with Crippen molar-refractivity contribution in [2.75, 3.05) is 30.3 Å². The largest absolute Gasteiger partial charge is 0.357 e. The Hall–Kier alpha value is -1.21. The molecule has 0 bridgehead atoms. The van der Waals surface area contributed by atoms with Crippen LogP contribution >= 0.6 is 11.8 Å². The molecule has 134 valence electrons. The number of aliphatic imine (C=N–C) groups is 1. The molecule has 1 fully saturated rings. The maximum Gasteiger partial charge on any atom is 0.191 e. The predicted octanol–water partition coefficient (Wildman–Crippen LogP) is 1.97. The fourth-order valence-electron chi connectivity index (χ4n) is 2.52. The van der Waals surface area contributed by atoms with Gasteiger partial charge >= 0.3 is 0 Å². The molecule has 24 heavy (non-hydrogen) atoms. The minimum absolute atomic E-state index is 0.0204. The van der Waals surface area contributed by atoms with Crippen LogP contribution < -0.4 is 10.6 Å². The van der Waals surface area contributed by atoms with Crippen LogP contribution in [0.15, 0.2) is 29.3 Å². The quantitative estimate of drug-likeness (QED) is 0.437. The van der Waals surface area contributed by atoms with Gasteiger partial charge in [0.05, 0.1) is 18.1 Å². The molecule has 1 atom stereocenters. The van der Waals surface area contributed by atoms with Gasteiger partial charge in [-0.3, -0.25) is 4.99 Å². The summed E-state index contributed by atoms with van der Waals surface area (Å²) in [6.45, 7) is 5.58. The van der Waals surface area contributed by atoms with Crippen LogP contribution in [0.25, 0.3) is 0 Å². The zero-order valence-corrected chi connectivity index (χ0v) is 16.0. The summed E-state index contributed by atoms with van der Waals surface area (Å²) >= 11 is 1.86. The smallest absolute Gasteiger partial charge is 0.191 e. The lowest BCUT2D eigenvalue weighted by Crippen LogP contribution is -2.44. The lowest BCUT2D eigenvalue weighted by atomic mass is 10.2. The van der Waals surface area contributed by atoms with E-state index < -0.39 is 9.84 Å². The van der Waals surface area contributed by atoms with Crippen LogP contribution in [0.1, 0.15) is 24.5 Å². The van der Waals surface area contributed by atoms with Crippen molar-refractivity contribution in [3.63, 3.8) is 0 Å². The number of hydrogen-bond acceptors (Lipinski definition) is 4. The van der Waals surface area contributed by atoms with Crippen molar-refractivity contribution in [2.45, 2.75) is 32.1 Å². The fourth-order valence-corrected chi connectivity index (χ4v) is 4.98. The highest BCUT2D eigenvalue weighted by Crippen LogP contribution is 2.13. The highest BCUT2D eigenvalue weighted by Gasteiger charge is 2.28. The molecule has 1 aliphatic rings. The average molecular weight is 370 g/mol. The number of nitrogens with one attached hydrogen (secondary N) is 2. The third kappa shape index (κ3) is 6.73. The minimum atomic E-state index is -2.87. The molecular weight excluding hydrogens is 342 g/mol. The molecule has 1 aromatic carbocycles. The summed E-state index contributed by atoms with van der Waals surface area (Å²) < 4.78 is 23.1. The standard InChI is InChI=1S/C17H27N3O2S2/c1-3-18-17(20-16-8-11-24(21,22)13-16)19-9-10-23-12-15-6-4-14(2)5-7-15/h4-7,16H,3,8-13H2,1-2H3,(H2,18,19,20). The number of benzene rings is 1. The van der Waals surface area contributed by atoms with Crippen molar-refractivity contribution in [2.24, 2.45) is 4.99 Å². The summed E-state index contributed by atoms with van der Waals surface area (Å²) in [5.41, 5.74) is 2.61. The maximum absolute atomic E-state index is 11.5. The lowest BCUT2D eigenvalue weighted by Gasteiger charge is -2.15. The first kappa shape index (κ1) is 19.1. The van der Waals surface area contributed by atoms with Gasteiger partial charge in [0.15, 0.2) is 15.8 Å².